The van der Waals surface area contributed by atoms with E-state index in [0.717, 1.165) is 27.4 Å². The van der Waals surface area contributed by atoms with Crippen molar-refractivity contribution in [2.75, 3.05) is 7.11 Å². The highest BCUT2D eigenvalue weighted by molar-refractivity contribution is 6.04. The van der Waals surface area contributed by atoms with Crippen LogP contribution in [0.15, 0.2) is 53.3 Å². The molecule has 33 heavy (non-hydrogen) atoms. The third-order valence-electron chi connectivity index (χ3n) is 5.56. The number of carbonyl (C=O) groups is 2. The van der Waals surface area contributed by atoms with Gasteiger partial charge >= 0.3 is 17.8 Å². The van der Waals surface area contributed by atoms with Crippen LogP contribution >= 0.6 is 0 Å². The molecule has 2 aromatic carbocycles. The van der Waals surface area contributed by atoms with E-state index in [1.54, 1.807) is 36.8 Å². The van der Waals surface area contributed by atoms with Gasteiger partial charge in [-0.2, -0.15) is 0 Å². The highest BCUT2D eigenvalue weighted by Gasteiger charge is 2.28. The first kappa shape index (κ1) is 22.4. The van der Waals surface area contributed by atoms with Crippen molar-refractivity contribution < 1.29 is 19.1 Å². The summed E-state index contributed by atoms with van der Waals surface area (Å²) < 4.78 is 13.6. The van der Waals surface area contributed by atoms with E-state index >= 15 is 0 Å². The molecular formula is C25H27N3O5. The molecule has 0 spiro atoms. The van der Waals surface area contributed by atoms with Gasteiger partial charge in [-0.3, -0.25) is 8.97 Å². The van der Waals surface area contributed by atoms with Crippen LogP contribution in [0, 0.1) is 0 Å². The van der Waals surface area contributed by atoms with E-state index in [2.05, 4.69) is 5.32 Å². The molecular weight excluding hydrogens is 422 g/mol. The lowest BCUT2D eigenvalue weighted by Crippen LogP contribution is -2.45. The highest BCUT2D eigenvalue weighted by Crippen LogP contribution is 2.31. The fourth-order valence-corrected chi connectivity index (χ4v) is 4.20. The molecule has 0 fully saturated rings. The Kier molecular flexibility index (Phi) is 5.61. The first-order valence-electron chi connectivity index (χ1n) is 10.7. The number of rotatable bonds is 4. The van der Waals surface area contributed by atoms with E-state index in [9.17, 15) is 14.4 Å². The van der Waals surface area contributed by atoms with Crippen LogP contribution in [0.3, 0.4) is 0 Å². The minimum Gasteiger partial charge on any atom is -0.467 e. The number of amides is 1. The van der Waals surface area contributed by atoms with Gasteiger partial charge in [0.05, 0.1) is 23.7 Å². The van der Waals surface area contributed by atoms with Crippen LogP contribution in [0.5, 0.6) is 0 Å². The predicted molar refractivity (Wildman–Crippen MR) is 127 cm³/mol. The topological polar surface area (TPSA) is 91.0 Å². The Morgan fingerprint density at radius 1 is 1.00 bits per heavy atom. The minimum absolute atomic E-state index is 0.125. The molecule has 0 saturated heterocycles. The maximum Gasteiger partial charge on any atom is 0.408 e. The Bertz CT molecular complexity index is 1440. The molecule has 1 amide bonds. The van der Waals surface area contributed by atoms with Crippen molar-refractivity contribution in [3.05, 3.63) is 64.6 Å². The van der Waals surface area contributed by atoms with E-state index < -0.39 is 23.7 Å². The predicted octanol–water partition coefficient (Wildman–Crippen LogP) is 3.55. The Balaban J connectivity index is 1.94. The standard InChI is InChI=1S/C25H27N3O5/c1-25(2,3)33-23(30)26-18(22(29)32-5)14-17-15-10-6-9-13-20(15)28-21(17)16-11-7-8-12-19(16)27(4)24(28)31/h6-13,18H,14H2,1-5H3,(H,26,30)/t18-/m0/s1. The molecule has 0 aliphatic heterocycles. The molecule has 0 aliphatic rings. The Hall–Kier alpha value is -3.81. The largest absolute Gasteiger partial charge is 0.467 e. The van der Waals surface area contributed by atoms with Gasteiger partial charge in [0, 0.05) is 24.2 Å². The van der Waals surface area contributed by atoms with Crippen molar-refractivity contribution in [2.24, 2.45) is 7.05 Å². The van der Waals surface area contributed by atoms with Gasteiger partial charge in [-0.15, -0.1) is 0 Å². The smallest absolute Gasteiger partial charge is 0.408 e. The summed E-state index contributed by atoms with van der Waals surface area (Å²) in [5.41, 5.74) is 2.06. The summed E-state index contributed by atoms with van der Waals surface area (Å²) in [6, 6.07) is 14.1. The van der Waals surface area contributed by atoms with E-state index in [0.29, 0.717) is 5.52 Å². The number of aromatic nitrogens is 2. The van der Waals surface area contributed by atoms with E-state index in [1.165, 1.54) is 7.11 Å². The van der Waals surface area contributed by atoms with Crippen molar-refractivity contribution in [1.82, 2.24) is 14.3 Å². The Labute approximate surface area is 190 Å². The van der Waals surface area contributed by atoms with Crippen molar-refractivity contribution in [3.8, 4) is 0 Å². The summed E-state index contributed by atoms with van der Waals surface area (Å²) in [6.45, 7) is 5.24. The van der Waals surface area contributed by atoms with E-state index in [-0.39, 0.29) is 12.1 Å². The van der Waals surface area contributed by atoms with Gasteiger partial charge in [-0.25, -0.2) is 14.4 Å². The van der Waals surface area contributed by atoms with Crippen LogP contribution in [0.4, 0.5) is 4.79 Å². The molecule has 8 nitrogen and oxygen atoms in total. The van der Waals surface area contributed by atoms with Crippen molar-refractivity contribution >= 4 is 39.4 Å². The van der Waals surface area contributed by atoms with Gasteiger partial charge < -0.3 is 14.8 Å². The van der Waals surface area contributed by atoms with Gasteiger partial charge in [0.1, 0.15) is 11.6 Å². The molecule has 172 valence electrons. The number of benzene rings is 2. The summed E-state index contributed by atoms with van der Waals surface area (Å²) in [6.07, 6.45) is -0.591. The van der Waals surface area contributed by atoms with Crippen LogP contribution in [0.1, 0.15) is 26.3 Å². The number of nitrogens with zero attached hydrogens (tertiary/aromatic N) is 2. The molecule has 0 unspecified atom stereocenters. The number of para-hydroxylation sites is 2. The maximum atomic E-state index is 13.3. The maximum absolute atomic E-state index is 13.3. The average molecular weight is 450 g/mol. The molecule has 0 bridgehead atoms. The molecule has 2 heterocycles. The molecule has 8 heteroatoms. The minimum atomic E-state index is -0.998. The van der Waals surface area contributed by atoms with Gasteiger partial charge in [0.25, 0.3) is 0 Å². The van der Waals surface area contributed by atoms with Crippen molar-refractivity contribution in [1.29, 1.82) is 0 Å². The molecule has 1 N–H and O–H groups in total. The number of ether oxygens (including phenoxy) is 2. The quantitative estimate of drug-likeness (QED) is 0.481. The fourth-order valence-electron chi connectivity index (χ4n) is 4.20. The van der Waals surface area contributed by atoms with E-state index in [1.807, 2.05) is 48.5 Å². The summed E-state index contributed by atoms with van der Waals surface area (Å²) in [4.78, 5) is 38.4. The number of esters is 1. The molecule has 1 atom stereocenters. The third-order valence-corrected chi connectivity index (χ3v) is 5.56. The zero-order valence-corrected chi connectivity index (χ0v) is 19.3. The van der Waals surface area contributed by atoms with Gasteiger partial charge in [-0.05, 0) is 38.5 Å². The molecule has 4 aromatic rings. The molecule has 0 saturated carbocycles. The first-order valence-corrected chi connectivity index (χ1v) is 10.7. The summed E-state index contributed by atoms with van der Waals surface area (Å²) in [5, 5.41) is 4.33. The van der Waals surface area contributed by atoms with Crippen LogP contribution in [-0.4, -0.2) is 39.8 Å². The monoisotopic (exact) mass is 449 g/mol. The molecule has 2 aromatic heterocycles. The van der Waals surface area contributed by atoms with Crippen LogP contribution < -0.4 is 11.0 Å². The third kappa shape index (κ3) is 4.04. The number of methoxy groups -OCH3 is 1. The second-order valence-electron chi connectivity index (χ2n) is 8.96. The number of carbonyl (C=O) groups excluding carboxylic acids is 2. The summed E-state index contributed by atoms with van der Waals surface area (Å²) in [7, 11) is 3.01. The molecule has 4 rings (SSSR count). The number of hydrogen-bond donors (Lipinski definition) is 1. The number of hydrogen-bond acceptors (Lipinski definition) is 5. The number of nitrogens with one attached hydrogen (secondary N) is 1. The SMILES string of the molecule is COC(=O)[C@H](Cc1c2ccccc2n2c(=O)n(C)c3ccccc3c12)NC(=O)OC(C)(C)C. The van der Waals surface area contributed by atoms with Crippen LogP contribution in [-0.2, 0) is 27.7 Å². The lowest BCUT2D eigenvalue weighted by molar-refractivity contribution is -0.143. The molecule has 0 aliphatic carbocycles. The molecule has 0 radical (unpaired) electrons. The second kappa shape index (κ2) is 8.27. The number of fused-ring (bicyclic) bond motifs is 5. The van der Waals surface area contributed by atoms with Crippen LogP contribution in [0.25, 0.3) is 27.3 Å². The van der Waals surface area contributed by atoms with Crippen molar-refractivity contribution in [2.45, 2.75) is 38.8 Å². The summed E-state index contributed by atoms with van der Waals surface area (Å²) >= 11 is 0. The average Bonchev–Trinajstić information content (AvgIpc) is 3.09. The second-order valence-corrected chi connectivity index (χ2v) is 8.96. The van der Waals surface area contributed by atoms with Crippen molar-refractivity contribution in [3.63, 3.8) is 0 Å². The lowest BCUT2D eigenvalue weighted by atomic mass is 10.0. The fraction of sp³-hybridized carbons (Fsp3) is 0.320. The van der Waals surface area contributed by atoms with E-state index in [4.69, 9.17) is 9.47 Å². The van der Waals surface area contributed by atoms with Gasteiger partial charge in [0.15, 0.2) is 0 Å². The highest BCUT2D eigenvalue weighted by atomic mass is 16.6. The zero-order valence-electron chi connectivity index (χ0n) is 19.3. The van der Waals surface area contributed by atoms with Gasteiger partial charge in [0.2, 0.25) is 0 Å². The Morgan fingerprint density at radius 2 is 1.61 bits per heavy atom. The lowest BCUT2D eigenvalue weighted by Gasteiger charge is -2.22. The first-order chi connectivity index (χ1) is 15.6. The summed E-state index contributed by atoms with van der Waals surface area (Å²) in [5.74, 6) is -0.600. The Morgan fingerprint density at radius 3 is 2.24 bits per heavy atom. The zero-order chi connectivity index (χ0) is 23.9. The number of aryl methyl sites for hydroxylation is 1. The number of alkyl carbamates (subject to hydrolysis) is 1. The van der Waals surface area contributed by atoms with Crippen LogP contribution in [0.2, 0.25) is 0 Å². The normalized spacial score (nSPS) is 12.8. The van der Waals surface area contributed by atoms with Gasteiger partial charge in [-0.1, -0.05) is 36.4 Å².